The second kappa shape index (κ2) is 5.85. The molecule has 94 valence electrons. The van der Waals surface area contributed by atoms with E-state index >= 15 is 0 Å². The van der Waals surface area contributed by atoms with Gasteiger partial charge in [0.1, 0.15) is 5.75 Å². The molecule has 1 aromatic carbocycles. The summed E-state index contributed by atoms with van der Waals surface area (Å²) in [6.07, 6.45) is 3.52. The molecular formula is C13H18BrNO2. The van der Waals surface area contributed by atoms with E-state index in [4.69, 9.17) is 15.2 Å². The van der Waals surface area contributed by atoms with Gasteiger partial charge in [-0.05, 0) is 43.0 Å². The molecule has 4 heteroatoms. The van der Waals surface area contributed by atoms with Crippen molar-refractivity contribution in [2.45, 2.75) is 38.0 Å². The van der Waals surface area contributed by atoms with Crippen LogP contribution in [0.15, 0.2) is 22.7 Å². The van der Waals surface area contributed by atoms with Crippen LogP contribution in [0.2, 0.25) is 0 Å². The minimum absolute atomic E-state index is 0.194. The standard InChI is InChI=1S/C13H18BrNO2/c1-16-10-5-6-11(14)9(7-10)8-17-13-4-2-3-12(13)15/h5-7,12-13H,2-4,8,15H2,1H3. The van der Waals surface area contributed by atoms with E-state index in [-0.39, 0.29) is 12.1 Å². The summed E-state index contributed by atoms with van der Waals surface area (Å²) in [5, 5.41) is 0. The van der Waals surface area contributed by atoms with Gasteiger partial charge in [-0.1, -0.05) is 15.9 Å². The highest BCUT2D eigenvalue weighted by Gasteiger charge is 2.24. The second-order valence-corrected chi connectivity index (χ2v) is 5.26. The highest BCUT2D eigenvalue weighted by atomic mass is 79.9. The van der Waals surface area contributed by atoms with Gasteiger partial charge in [0.05, 0.1) is 19.8 Å². The third kappa shape index (κ3) is 3.21. The van der Waals surface area contributed by atoms with Gasteiger partial charge in [0.2, 0.25) is 0 Å². The van der Waals surface area contributed by atoms with Gasteiger partial charge >= 0.3 is 0 Å². The maximum atomic E-state index is 5.98. The zero-order valence-electron chi connectivity index (χ0n) is 9.99. The zero-order chi connectivity index (χ0) is 12.3. The number of rotatable bonds is 4. The third-order valence-corrected chi connectivity index (χ3v) is 3.98. The molecule has 0 saturated heterocycles. The molecule has 0 bridgehead atoms. The third-order valence-electron chi connectivity index (χ3n) is 3.21. The van der Waals surface area contributed by atoms with Crippen LogP contribution in [0, 0.1) is 0 Å². The van der Waals surface area contributed by atoms with Crippen molar-refractivity contribution in [1.82, 2.24) is 0 Å². The van der Waals surface area contributed by atoms with Crippen molar-refractivity contribution >= 4 is 15.9 Å². The van der Waals surface area contributed by atoms with Crippen molar-refractivity contribution in [2.75, 3.05) is 7.11 Å². The first-order valence-electron chi connectivity index (χ1n) is 5.90. The summed E-state index contributed by atoms with van der Waals surface area (Å²) >= 11 is 3.52. The molecule has 1 aliphatic carbocycles. The zero-order valence-corrected chi connectivity index (χ0v) is 11.6. The summed E-state index contributed by atoms with van der Waals surface area (Å²) in [6, 6.07) is 6.09. The fraction of sp³-hybridized carbons (Fsp3) is 0.538. The first-order valence-corrected chi connectivity index (χ1v) is 6.69. The topological polar surface area (TPSA) is 44.5 Å². The molecule has 2 N–H and O–H groups in total. The van der Waals surface area contributed by atoms with Crippen LogP contribution < -0.4 is 10.5 Å². The maximum Gasteiger partial charge on any atom is 0.119 e. The molecule has 2 atom stereocenters. The fourth-order valence-electron chi connectivity index (χ4n) is 2.15. The Hall–Kier alpha value is -0.580. The van der Waals surface area contributed by atoms with E-state index in [1.807, 2.05) is 18.2 Å². The van der Waals surface area contributed by atoms with E-state index in [0.717, 1.165) is 28.6 Å². The second-order valence-electron chi connectivity index (χ2n) is 4.40. The highest BCUT2D eigenvalue weighted by molar-refractivity contribution is 9.10. The van der Waals surface area contributed by atoms with Crippen LogP contribution in [0.4, 0.5) is 0 Å². The van der Waals surface area contributed by atoms with Gasteiger partial charge in [0.15, 0.2) is 0 Å². The lowest BCUT2D eigenvalue weighted by Gasteiger charge is -2.17. The molecule has 1 fully saturated rings. The van der Waals surface area contributed by atoms with Crippen LogP contribution in [0.3, 0.4) is 0 Å². The van der Waals surface area contributed by atoms with Crippen molar-refractivity contribution in [2.24, 2.45) is 5.73 Å². The summed E-state index contributed by atoms with van der Waals surface area (Å²) < 4.78 is 12.1. The molecule has 0 amide bonds. The summed E-state index contributed by atoms with van der Waals surface area (Å²) in [4.78, 5) is 0. The summed E-state index contributed by atoms with van der Waals surface area (Å²) in [6.45, 7) is 0.580. The van der Waals surface area contributed by atoms with Crippen LogP contribution in [-0.2, 0) is 11.3 Å². The molecule has 0 spiro atoms. The van der Waals surface area contributed by atoms with Gasteiger partial charge in [-0.25, -0.2) is 0 Å². The van der Waals surface area contributed by atoms with Gasteiger partial charge < -0.3 is 15.2 Å². The monoisotopic (exact) mass is 299 g/mol. The Bertz CT molecular complexity index is 384. The molecule has 2 rings (SSSR count). The molecule has 0 aromatic heterocycles. The van der Waals surface area contributed by atoms with E-state index in [1.165, 1.54) is 6.42 Å². The average Bonchev–Trinajstić information content (AvgIpc) is 2.74. The highest BCUT2D eigenvalue weighted by Crippen LogP contribution is 2.26. The Kier molecular flexibility index (Phi) is 4.42. The number of halogens is 1. The lowest BCUT2D eigenvalue weighted by molar-refractivity contribution is 0.0353. The molecule has 3 nitrogen and oxygen atoms in total. The average molecular weight is 300 g/mol. The van der Waals surface area contributed by atoms with Crippen molar-refractivity contribution in [3.05, 3.63) is 28.2 Å². The van der Waals surface area contributed by atoms with Crippen molar-refractivity contribution in [3.8, 4) is 5.75 Å². The molecule has 2 unspecified atom stereocenters. The fourth-order valence-corrected chi connectivity index (χ4v) is 2.51. The molecule has 1 saturated carbocycles. The molecule has 17 heavy (non-hydrogen) atoms. The van der Waals surface area contributed by atoms with Crippen LogP contribution in [0.25, 0.3) is 0 Å². The summed E-state index contributed by atoms with van der Waals surface area (Å²) in [7, 11) is 1.67. The van der Waals surface area contributed by atoms with Crippen molar-refractivity contribution < 1.29 is 9.47 Å². The number of nitrogens with two attached hydrogens (primary N) is 1. The molecule has 1 aliphatic rings. The number of methoxy groups -OCH3 is 1. The Morgan fingerprint density at radius 3 is 2.88 bits per heavy atom. The van der Waals surface area contributed by atoms with Gasteiger partial charge in [-0.15, -0.1) is 0 Å². The van der Waals surface area contributed by atoms with Crippen LogP contribution >= 0.6 is 15.9 Å². The number of hydrogen-bond donors (Lipinski definition) is 1. The van der Waals surface area contributed by atoms with E-state index in [1.54, 1.807) is 7.11 Å². The molecule has 0 heterocycles. The minimum Gasteiger partial charge on any atom is -0.497 e. The Morgan fingerprint density at radius 1 is 1.41 bits per heavy atom. The number of benzene rings is 1. The Balaban J connectivity index is 1.98. The van der Waals surface area contributed by atoms with E-state index in [2.05, 4.69) is 15.9 Å². The molecule has 1 aromatic rings. The van der Waals surface area contributed by atoms with Crippen LogP contribution in [0.1, 0.15) is 24.8 Å². The Morgan fingerprint density at radius 2 is 2.24 bits per heavy atom. The largest absolute Gasteiger partial charge is 0.497 e. The normalized spacial score (nSPS) is 23.9. The van der Waals surface area contributed by atoms with Gasteiger partial charge in [-0.2, -0.15) is 0 Å². The van der Waals surface area contributed by atoms with E-state index < -0.39 is 0 Å². The number of ether oxygens (including phenoxy) is 2. The van der Waals surface area contributed by atoms with Crippen molar-refractivity contribution in [1.29, 1.82) is 0 Å². The molecule has 0 aliphatic heterocycles. The first kappa shape index (κ1) is 12.9. The van der Waals surface area contributed by atoms with Gasteiger partial charge in [0, 0.05) is 10.5 Å². The van der Waals surface area contributed by atoms with E-state index in [0.29, 0.717) is 6.61 Å². The first-order chi connectivity index (χ1) is 8.20. The minimum atomic E-state index is 0.194. The predicted octanol–water partition coefficient (Wildman–Crippen LogP) is 2.85. The van der Waals surface area contributed by atoms with Crippen molar-refractivity contribution in [3.63, 3.8) is 0 Å². The summed E-state index contributed by atoms with van der Waals surface area (Å²) in [5.41, 5.74) is 7.08. The lowest BCUT2D eigenvalue weighted by Crippen LogP contribution is -2.31. The van der Waals surface area contributed by atoms with Gasteiger partial charge in [-0.3, -0.25) is 0 Å². The van der Waals surface area contributed by atoms with Crippen LogP contribution in [0.5, 0.6) is 5.75 Å². The Labute approximate surface area is 110 Å². The van der Waals surface area contributed by atoms with Crippen LogP contribution in [-0.4, -0.2) is 19.3 Å². The smallest absolute Gasteiger partial charge is 0.119 e. The van der Waals surface area contributed by atoms with E-state index in [9.17, 15) is 0 Å². The molecule has 0 radical (unpaired) electrons. The SMILES string of the molecule is COc1ccc(Br)c(COC2CCCC2N)c1. The number of hydrogen-bond acceptors (Lipinski definition) is 3. The molecular weight excluding hydrogens is 282 g/mol. The van der Waals surface area contributed by atoms with Gasteiger partial charge in [0.25, 0.3) is 0 Å². The maximum absolute atomic E-state index is 5.98. The predicted molar refractivity (Wildman–Crippen MR) is 71.1 cm³/mol. The summed E-state index contributed by atoms with van der Waals surface area (Å²) in [5.74, 6) is 0.850. The lowest BCUT2D eigenvalue weighted by atomic mass is 10.2. The quantitative estimate of drug-likeness (QED) is 0.930.